The molecule has 1 atom stereocenters. The number of piperidine rings is 2. The van der Waals surface area contributed by atoms with Crippen LogP contribution in [-0.4, -0.2) is 115 Å². The van der Waals surface area contributed by atoms with E-state index in [-0.39, 0.29) is 48.0 Å². The van der Waals surface area contributed by atoms with Gasteiger partial charge in [-0.25, -0.2) is 9.37 Å². The van der Waals surface area contributed by atoms with Crippen LogP contribution in [0.4, 0.5) is 10.2 Å². The summed E-state index contributed by atoms with van der Waals surface area (Å²) in [6.45, 7) is 13.3. The minimum Gasteiger partial charge on any atom is -0.354 e. The summed E-state index contributed by atoms with van der Waals surface area (Å²) in [5, 5.41) is 10.6. The van der Waals surface area contributed by atoms with E-state index in [0.717, 1.165) is 115 Å². The molecule has 5 aromatic rings. The van der Waals surface area contributed by atoms with Gasteiger partial charge in [-0.05, 0) is 113 Å². The molecule has 0 bridgehead atoms. The van der Waals surface area contributed by atoms with Gasteiger partial charge in [0.05, 0.1) is 28.4 Å². The second-order valence-electron chi connectivity index (χ2n) is 18.2. The molecule has 7 heterocycles. The van der Waals surface area contributed by atoms with Gasteiger partial charge in [-0.2, -0.15) is 5.10 Å². The summed E-state index contributed by atoms with van der Waals surface area (Å²) in [4.78, 5) is 93.1. The number of carbonyl (C=O) groups is 5. The number of likely N-dealkylation sites (tertiary alicyclic amines) is 1. The molecule has 5 amide bonds. The van der Waals surface area contributed by atoms with Crippen LogP contribution in [0.1, 0.15) is 112 Å². The molecular formula is C49H55FN10O6. The Morgan fingerprint density at radius 1 is 0.879 bits per heavy atom. The Kier molecular flexibility index (Phi) is 12.4. The van der Waals surface area contributed by atoms with Gasteiger partial charge in [0.2, 0.25) is 11.8 Å². The maximum atomic E-state index is 15.4. The smallest absolute Gasteiger partial charge is 0.262 e. The van der Waals surface area contributed by atoms with Crippen LogP contribution < -0.4 is 21.1 Å². The number of piperazine rings is 1. The van der Waals surface area contributed by atoms with Crippen molar-refractivity contribution in [1.29, 1.82) is 0 Å². The average molecular weight is 899 g/mol. The van der Waals surface area contributed by atoms with Gasteiger partial charge in [-0.1, -0.05) is 13.3 Å². The summed E-state index contributed by atoms with van der Waals surface area (Å²) in [6.07, 6.45) is 7.08. The number of fused-ring (bicyclic) bond motifs is 2. The first kappa shape index (κ1) is 44.6. The minimum absolute atomic E-state index is 0.0143. The topological polar surface area (TPSA) is 186 Å². The monoisotopic (exact) mass is 898 g/mol. The zero-order chi connectivity index (χ0) is 46.4. The lowest BCUT2D eigenvalue weighted by Gasteiger charge is -2.43. The predicted octanol–water partition coefficient (Wildman–Crippen LogP) is 4.89. The number of halogens is 1. The summed E-state index contributed by atoms with van der Waals surface area (Å²) in [7, 11) is 0. The van der Waals surface area contributed by atoms with Gasteiger partial charge < -0.3 is 15.2 Å². The first-order valence-corrected chi connectivity index (χ1v) is 23.0. The lowest BCUT2D eigenvalue weighted by atomic mass is 10.00. The van der Waals surface area contributed by atoms with E-state index < -0.39 is 35.5 Å². The third-order valence-electron chi connectivity index (χ3n) is 13.6. The molecule has 66 heavy (non-hydrogen) atoms. The molecule has 0 aliphatic carbocycles. The highest BCUT2D eigenvalue weighted by atomic mass is 19.1. The molecule has 9 rings (SSSR count). The van der Waals surface area contributed by atoms with Crippen molar-refractivity contribution in [2.75, 3.05) is 44.2 Å². The molecule has 3 aromatic heterocycles. The van der Waals surface area contributed by atoms with E-state index >= 15 is 4.39 Å². The fourth-order valence-electron chi connectivity index (χ4n) is 10.0. The van der Waals surface area contributed by atoms with Gasteiger partial charge in [0.15, 0.2) is 0 Å². The first-order chi connectivity index (χ1) is 31.8. The molecule has 3 fully saturated rings. The van der Waals surface area contributed by atoms with Gasteiger partial charge >= 0.3 is 0 Å². The number of benzene rings is 2. The number of H-pyrrole nitrogens is 1. The summed E-state index contributed by atoms with van der Waals surface area (Å²) >= 11 is 0. The van der Waals surface area contributed by atoms with Crippen molar-refractivity contribution < 1.29 is 28.4 Å². The van der Waals surface area contributed by atoms with Crippen molar-refractivity contribution >= 4 is 46.3 Å². The minimum atomic E-state index is -1.10. The Labute approximate surface area is 381 Å². The van der Waals surface area contributed by atoms with Crippen LogP contribution in [0.3, 0.4) is 0 Å². The van der Waals surface area contributed by atoms with Crippen LogP contribution in [0.5, 0.6) is 0 Å². The molecule has 344 valence electrons. The maximum Gasteiger partial charge on any atom is 0.262 e. The molecule has 2 aromatic carbocycles. The summed E-state index contributed by atoms with van der Waals surface area (Å²) in [5.74, 6) is -2.49. The van der Waals surface area contributed by atoms with Crippen LogP contribution in [0.25, 0.3) is 22.0 Å². The van der Waals surface area contributed by atoms with E-state index in [9.17, 15) is 28.8 Å². The molecule has 3 saturated heterocycles. The first-order valence-electron chi connectivity index (χ1n) is 23.0. The number of anilines is 1. The number of hydrogen-bond acceptors (Lipinski definition) is 11. The van der Waals surface area contributed by atoms with E-state index in [1.54, 1.807) is 6.20 Å². The van der Waals surface area contributed by atoms with Gasteiger partial charge in [0.1, 0.15) is 17.7 Å². The van der Waals surface area contributed by atoms with Crippen molar-refractivity contribution in [3.63, 3.8) is 0 Å². The number of nitrogens with zero attached hydrogens (tertiary/aromatic N) is 7. The van der Waals surface area contributed by atoms with Gasteiger partial charge in [-0.15, -0.1) is 0 Å². The number of amides is 5. The van der Waals surface area contributed by atoms with Crippen LogP contribution in [0, 0.1) is 12.7 Å². The molecule has 17 heteroatoms. The molecular weight excluding hydrogens is 844 g/mol. The Hall–Kier alpha value is -6.59. The van der Waals surface area contributed by atoms with E-state index in [1.165, 1.54) is 6.07 Å². The normalized spacial score (nSPS) is 18.7. The van der Waals surface area contributed by atoms with Crippen LogP contribution in [0.15, 0.2) is 59.7 Å². The molecule has 0 spiro atoms. The fraction of sp³-hybridized carbons (Fsp3) is 0.429. The van der Waals surface area contributed by atoms with Crippen molar-refractivity contribution in [3.8, 4) is 11.1 Å². The van der Waals surface area contributed by atoms with E-state index in [2.05, 4.69) is 56.2 Å². The van der Waals surface area contributed by atoms with Crippen LogP contribution in [-0.2, 0) is 29.1 Å². The second-order valence-corrected chi connectivity index (χ2v) is 18.2. The van der Waals surface area contributed by atoms with Crippen LogP contribution in [0.2, 0.25) is 0 Å². The third kappa shape index (κ3) is 8.64. The largest absolute Gasteiger partial charge is 0.354 e. The zero-order valence-corrected chi connectivity index (χ0v) is 37.8. The Morgan fingerprint density at radius 3 is 2.30 bits per heavy atom. The van der Waals surface area contributed by atoms with Crippen molar-refractivity contribution in [2.45, 2.75) is 97.4 Å². The van der Waals surface area contributed by atoms with Crippen molar-refractivity contribution in [3.05, 3.63) is 110 Å². The van der Waals surface area contributed by atoms with E-state index in [4.69, 9.17) is 4.98 Å². The maximum absolute atomic E-state index is 15.4. The predicted molar refractivity (Wildman–Crippen MR) is 245 cm³/mol. The summed E-state index contributed by atoms with van der Waals surface area (Å²) in [5.41, 5.74) is 5.48. The number of pyridine rings is 2. The highest BCUT2D eigenvalue weighted by Crippen LogP contribution is 2.33. The van der Waals surface area contributed by atoms with Crippen molar-refractivity contribution in [2.24, 2.45) is 0 Å². The summed E-state index contributed by atoms with van der Waals surface area (Å²) < 4.78 is 17.3. The third-order valence-corrected chi connectivity index (χ3v) is 13.6. The van der Waals surface area contributed by atoms with E-state index in [0.29, 0.717) is 29.3 Å². The Balaban J connectivity index is 0.811. The number of carbonyl (C=O) groups excluding carboxylic acids is 5. The number of aromatic nitrogens is 4. The van der Waals surface area contributed by atoms with Gasteiger partial charge in [-0.3, -0.25) is 53.5 Å². The number of aryl methyl sites for hydroxylation is 2. The van der Waals surface area contributed by atoms with Crippen LogP contribution >= 0.6 is 0 Å². The molecule has 0 saturated carbocycles. The molecule has 3 N–H and O–H groups in total. The molecule has 4 aliphatic heterocycles. The van der Waals surface area contributed by atoms with Gasteiger partial charge in [0, 0.05) is 91.7 Å². The number of aromatic amines is 1. The zero-order valence-electron chi connectivity index (χ0n) is 37.8. The number of imide groups is 2. The number of nitrogens with one attached hydrogen (secondary N) is 3. The standard InChI is InChI=1S/C49H55FN10O6/c1-5-6-30-19-29(4)54-46(63)38(30)25-52-45(62)35-20-32(22-42-39(35)26-53-60(42)28(2)3)31-7-9-43(51-24-31)58-17-15-57(16-18-58)34-11-13-56(14-12-34)27-33-21-36-37(23-40(33)50)49(66)59(48(36)65)41-8-10-44(61)55-47(41)64/h7,9,19-24,26,28,34,41H,5-6,8,10-18,25,27H2,1-4H3,(H,52,62)(H,54,63)(H,55,61,64). The average Bonchev–Trinajstić information content (AvgIpc) is 3.84. The molecule has 4 aliphatic rings. The fourth-order valence-corrected chi connectivity index (χ4v) is 10.0. The Bertz CT molecular complexity index is 2800. The molecule has 1 unspecified atom stereocenters. The number of hydrogen-bond donors (Lipinski definition) is 3. The van der Waals surface area contributed by atoms with E-state index in [1.807, 2.05) is 48.1 Å². The highest BCUT2D eigenvalue weighted by molar-refractivity contribution is 6.23. The van der Waals surface area contributed by atoms with Gasteiger partial charge in [0.25, 0.3) is 23.3 Å². The Morgan fingerprint density at radius 2 is 1.62 bits per heavy atom. The van der Waals surface area contributed by atoms with Crippen molar-refractivity contribution in [1.82, 2.24) is 45.1 Å². The quantitative estimate of drug-likeness (QED) is 0.145. The molecule has 0 radical (unpaired) electrons. The lowest BCUT2D eigenvalue weighted by Crippen LogP contribution is -2.54. The molecule has 16 nitrogen and oxygen atoms in total. The lowest BCUT2D eigenvalue weighted by molar-refractivity contribution is -0.136. The SMILES string of the molecule is CCCc1cc(C)[nH]c(=O)c1CNC(=O)c1cc(-c2ccc(N3CCN(C4CCN(Cc5cc6c(cc5F)C(=O)N(C5CCC(=O)NC5=O)C6=O)CC4)CC3)nc2)cc2c1cnn2C(C)C. The highest BCUT2D eigenvalue weighted by Gasteiger charge is 2.45. The summed E-state index contributed by atoms with van der Waals surface area (Å²) in [6, 6.07) is 11.9. The second kappa shape index (κ2) is 18.4. The number of rotatable bonds is 12.